The van der Waals surface area contributed by atoms with Crippen molar-refractivity contribution in [1.82, 2.24) is 15.3 Å². The van der Waals surface area contributed by atoms with Crippen LogP contribution in [0.25, 0.3) is 10.2 Å². The Morgan fingerprint density at radius 1 is 1.35 bits per heavy atom. The quantitative estimate of drug-likeness (QED) is 0.637. The minimum atomic E-state index is -0.861. The average Bonchev–Trinajstić information content (AvgIpc) is 2.92. The van der Waals surface area contributed by atoms with Crippen molar-refractivity contribution >= 4 is 39.2 Å². The SMILES string of the molecule is CCc1cc2c(NCC(=O)NCCCC(=O)O)nc(C)nc2s1. The van der Waals surface area contributed by atoms with Crippen LogP contribution in [-0.2, 0) is 16.0 Å². The summed E-state index contributed by atoms with van der Waals surface area (Å²) in [4.78, 5) is 33.1. The van der Waals surface area contributed by atoms with Gasteiger partial charge in [-0.05, 0) is 25.8 Å². The van der Waals surface area contributed by atoms with Gasteiger partial charge in [-0.1, -0.05) is 6.92 Å². The molecule has 0 unspecified atom stereocenters. The van der Waals surface area contributed by atoms with Crippen molar-refractivity contribution in [2.45, 2.75) is 33.1 Å². The highest BCUT2D eigenvalue weighted by Crippen LogP contribution is 2.29. The monoisotopic (exact) mass is 336 g/mol. The first-order valence-electron chi connectivity index (χ1n) is 7.49. The second-order valence-electron chi connectivity index (χ2n) is 5.11. The minimum Gasteiger partial charge on any atom is -0.481 e. The molecular weight excluding hydrogens is 316 g/mol. The number of rotatable bonds is 8. The summed E-state index contributed by atoms with van der Waals surface area (Å²) in [6, 6.07) is 2.05. The molecule has 0 fully saturated rings. The summed E-state index contributed by atoms with van der Waals surface area (Å²) in [5.74, 6) is 0.265. The lowest BCUT2D eigenvalue weighted by Crippen LogP contribution is -2.31. The minimum absolute atomic E-state index is 0.0497. The maximum Gasteiger partial charge on any atom is 0.303 e. The molecule has 124 valence electrons. The van der Waals surface area contributed by atoms with Gasteiger partial charge in [0.2, 0.25) is 5.91 Å². The number of nitrogens with zero attached hydrogens (tertiary/aromatic N) is 2. The van der Waals surface area contributed by atoms with Gasteiger partial charge in [0.1, 0.15) is 16.5 Å². The average molecular weight is 336 g/mol. The van der Waals surface area contributed by atoms with Crippen LogP contribution in [0.1, 0.15) is 30.5 Å². The van der Waals surface area contributed by atoms with E-state index >= 15 is 0 Å². The highest BCUT2D eigenvalue weighted by molar-refractivity contribution is 7.18. The van der Waals surface area contributed by atoms with E-state index in [4.69, 9.17) is 5.11 Å². The second-order valence-corrected chi connectivity index (χ2v) is 6.22. The fourth-order valence-electron chi connectivity index (χ4n) is 2.08. The molecule has 0 saturated carbocycles. The predicted octanol–water partition coefficient (Wildman–Crippen LogP) is 1.96. The van der Waals surface area contributed by atoms with Crippen LogP contribution in [0, 0.1) is 6.92 Å². The van der Waals surface area contributed by atoms with Gasteiger partial charge in [-0.25, -0.2) is 9.97 Å². The predicted molar refractivity (Wildman–Crippen MR) is 89.9 cm³/mol. The van der Waals surface area contributed by atoms with Crippen molar-refractivity contribution in [1.29, 1.82) is 0 Å². The highest BCUT2D eigenvalue weighted by atomic mass is 32.1. The molecule has 0 saturated heterocycles. The molecule has 0 spiro atoms. The zero-order chi connectivity index (χ0) is 16.8. The van der Waals surface area contributed by atoms with Crippen molar-refractivity contribution < 1.29 is 14.7 Å². The molecule has 2 aromatic heterocycles. The Kier molecular flexibility index (Phi) is 5.86. The van der Waals surface area contributed by atoms with Crippen LogP contribution in [0.2, 0.25) is 0 Å². The van der Waals surface area contributed by atoms with E-state index in [1.54, 1.807) is 11.3 Å². The Bertz CT molecular complexity index is 714. The third kappa shape index (κ3) is 4.88. The number of carboxylic acids is 1. The molecule has 2 rings (SSSR count). The summed E-state index contributed by atoms with van der Waals surface area (Å²) in [5.41, 5.74) is 0. The van der Waals surface area contributed by atoms with E-state index in [2.05, 4.69) is 27.5 Å². The van der Waals surface area contributed by atoms with Crippen molar-refractivity contribution in [2.75, 3.05) is 18.4 Å². The Morgan fingerprint density at radius 2 is 2.13 bits per heavy atom. The summed E-state index contributed by atoms with van der Waals surface area (Å²) < 4.78 is 0. The third-order valence-corrected chi connectivity index (χ3v) is 4.38. The Hall–Kier alpha value is -2.22. The molecule has 0 aliphatic carbocycles. The van der Waals surface area contributed by atoms with Crippen LogP contribution < -0.4 is 10.6 Å². The standard InChI is InChI=1S/C15H20N4O3S/c1-3-10-7-11-14(18-9(2)19-15(11)23-10)17-8-12(20)16-6-4-5-13(21)22/h7H,3-6,8H2,1-2H3,(H,16,20)(H,21,22)(H,17,18,19). The van der Waals surface area contributed by atoms with Crippen LogP contribution >= 0.6 is 11.3 Å². The molecule has 0 bridgehead atoms. The number of carboxylic acid groups (broad SMARTS) is 1. The number of carbonyl (C=O) groups is 2. The molecule has 8 heteroatoms. The number of hydrogen-bond acceptors (Lipinski definition) is 6. The number of nitrogens with one attached hydrogen (secondary N) is 2. The van der Waals surface area contributed by atoms with Crippen LogP contribution in [0.15, 0.2) is 6.07 Å². The number of fused-ring (bicyclic) bond motifs is 1. The van der Waals surface area contributed by atoms with E-state index in [1.807, 2.05) is 13.0 Å². The molecule has 0 atom stereocenters. The van der Waals surface area contributed by atoms with Crippen molar-refractivity contribution in [3.05, 3.63) is 16.8 Å². The van der Waals surface area contributed by atoms with E-state index in [0.717, 1.165) is 16.6 Å². The Morgan fingerprint density at radius 3 is 2.83 bits per heavy atom. The van der Waals surface area contributed by atoms with E-state index in [1.165, 1.54) is 4.88 Å². The van der Waals surface area contributed by atoms with Gasteiger partial charge in [0.15, 0.2) is 0 Å². The number of anilines is 1. The zero-order valence-electron chi connectivity index (χ0n) is 13.2. The number of thiophene rings is 1. The smallest absolute Gasteiger partial charge is 0.303 e. The summed E-state index contributed by atoms with van der Waals surface area (Å²) in [7, 11) is 0. The summed E-state index contributed by atoms with van der Waals surface area (Å²) >= 11 is 1.63. The van der Waals surface area contributed by atoms with Gasteiger partial charge in [0.25, 0.3) is 0 Å². The first-order chi connectivity index (χ1) is 11.0. The molecular formula is C15H20N4O3S. The molecule has 1 amide bonds. The number of aryl methyl sites for hydroxylation is 2. The lowest BCUT2D eigenvalue weighted by Gasteiger charge is -2.08. The molecule has 23 heavy (non-hydrogen) atoms. The normalized spacial score (nSPS) is 10.7. The van der Waals surface area contributed by atoms with Crippen LogP contribution in [0.3, 0.4) is 0 Å². The molecule has 0 aliphatic rings. The second kappa shape index (κ2) is 7.87. The van der Waals surface area contributed by atoms with E-state index in [9.17, 15) is 9.59 Å². The van der Waals surface area contributed by atoms with Gasteiger partial charge in [-0.15, -0.1) is 11.3 Å². The first-order valence-corrected chi connectivity index (χ1v) is 8.30. The van der Waals surface area contributed by atoms with Crippen LogP contribution in [0.5, 0.6) is 0 Å². The number of amides is 1. The van der Waals surface area contributed by atoms with Crippen molar-refractivity contribution in [3.63, 3.8) is 0 Å². The zero-order valence-corrected chi connectivity index (χ0v) is 14.0. The van der Waals surface area contributed by atoms with E-state index < -0.39 is 5.97 Å². The lowest BCUT2D eigenvalue weighted by molar-refractivity contribution is -0.137. The maximum atomic E-state index is 11.8. The van der Waals surface area contributed by atoms with Gasteiger partial charge in [-0.3, -0.25) is 9.59 Å². The summed E-state index contributed by atoms with van der Waals surface area (Å²) in [5, 5.41) is 15.2. The molecule has 0 aliphatic heterocycles. The van der Waals surface area contributed by atoms with Crippen LogP contribution in [0.4, 0.5) is 5.82 Å². The molecule has 7 nitrogen and oxygen atoms in total. The van der Waals surface area contributed by atoms with Gasteiger partial charge >= 0.3 is 5.97 Å². The summed E-state index contributed by atoms with van der Waals surface area (Å²) in [6.07, 6.45) is 1.40. The Labute approximate surface area is 138 Å². The van der Waals surface area contributed by atoms with E-state index in [0.29, 0.717) is 24.6 Å². The van der Waals surface area contributed by atoms with Gasteiger partial charge in [-0.2, -0.15) is 0 Å². The van der Waals surface area contributed by atoms with Gasteiger partial charge in [0, 0.05) is 17.8 Å². The molecule has 0 aromatic carbocycles. The van der Waals surface area contributed by atoms with Crippen molar-refractivity contribution in [2.24, 2.45) is 0 Å². The molecule has 3 N–H and O–H groups in total. The number of aliphatic carboxylic acids is 1. The lowest BCUT2D eigenvalue weighted by atomic mass is 10.3. The van der Waals surface area contributed by atoms with Gasteiger partial charge < -0.3 is 15.7 Å². The van der Waals surface area contributed by atoms with Gasteiger partial charge in [0.05, 0.1) is 11.9 Å². The van der Waals surface area contributed by atoms with E-state index in [-0.39, 0.29) is 18.9 Å². The van der Waals surface area contributed by atoms with Crippen LogP contribution in [-0.4, -0.2) is 40.0 Å². The third-order valence-electron chi connectivity index (χ3n) is 3.21. The number of carbonyl (C=O) groups excluding carboxylic acids is 1. The topological polar surface area (TPSA) is 104 Å². The fraction of sp³-hybridized carbons (Fsp3) is 0.467. The fourth-order valence-corrected chi connectivity index (χ4v) is 3.09. The van der Waals surface area contributed by atoms with Crippen molar-refractivity contribution in [3.8, 4) is 0 Å². The Balaban J connectivity index is 1.94. The molecule has 2 aromatic rings. The maximum absolute atomic E-state index is 11.8. The first kappa shape index (κ1) is 17.1. The summed E-state index contributed by atoms with van der Waals surface area (Å²) in [6.45, 7) is 4.35. The number of aromatic nitrogens is 2. The highest BCUT2D eigenvalue weighted by Gasteiger charge is 2.11. The largest absolute Gasteiger partial charge is 0.481 e. The molecule has 2 heterocycles. The number of hydrogen-bond donors (Lipinski definition) is 3. The molecule has 0 radical (unpaired) electrons.